The summed E-state index contributed by atoms with van der Waals surface area (Å²) in [6.07, 6.45) is 0.991. The van der Waals surface area contributed by atoms with E-state index in [0.717, 1.165) is 18.4 Å². The zero-order valence-corrected chi connectivity index (χ0v) is 14.5. The third kappa shape index (κ3) is 3.07. The Morgan fingerprint density at radius 2 is 1.83 bits per heavy atom. The van der Waals surface area contributed by atoms with E-state index in [-0.39, 0.29) is 5.97 Å². The van der Waals surface area contributed by atoms with E-state index in [0.29, 0.717) is 12.2 Å². The van der Waals surface area contributed by atoms with Gasteiger partial charge < -0.3 is 9.30 Å². The van der Waals surface area contributed by atoms with Crippen molar-refractivity contribution in [3.05, 3.63) is 70.9 Å². The van der Waals surface area contributed by atoms with Gasteiger partial charge in [0.2, 0.25) is 0 Å². The van der Waals surface area contributed by atoms with Crippen molar-refractivity contribution in [2.45, 2.75) is 33.7 Å². The molecule has 1 aromatic heterocycles. The van der Waals surface area contributed by atoms with Crippen LogP contribution in [-0.4, -0.2) is 17.1 Å². The third-order valence-corrected chi connectivity index (χ3v) is 4.62. The molecule has 0 saturated heterocycles. The van der Waals surface area contributed by atoms with Gasteiger partial charge in [-0.15, -0.1) is 0 Å². The molecule has 0 radical (unpaired) electrons. The summed E-state index contributed by atoms with van der Waals surface area (Å²) in [4.78, 5) is 12.0. The van der Waals surface area contributed by atoms with Crippen LogP contribution in [0.5, 0.6) is 0 Å². The second-order valence-electron chi connectivity index (χ2n) is 6.05. The van der Waals surface area contributed by atoms with E-state index in [2.05, 4.69) is 42.7 Å². The van der Waals surface area contributed by atoms with Crippen LogP contribution in [-0.2, 0) is 17.7 Å². The van der Waals surface area contributed by atoms with Crippen molar-refractivity contribution in [3.63, 3.8) is 0 Å². The fourth-order valence-corrected chi connectivity index (χ4v) is 3.16. The highest BCUT2D eigenvalue weighted by atomic mass is 16.5. The maximum absolute atomic E-state index is 12.0. The molecule has 0 N–H and O–H groups in total. The van der Waals surface area contributed by atoms with Crippen LogP contribution in [0.15, 0.2) is 48.5 Å². The van der Waals surface area contributed by atoms with E-state index in [1.54, 1.807) is 0 Å². The maximum Gasteiger partial charge on any atom is 0.338 e. The summed E-state index contributed by atoms with van der Waals surface area (Å²) in [7, 11) is 0. The largest absolute Gasteiger partial charge is 0.462 e. The van der Waals surface area contributed by atoms with Crippen LogP contribution >= 0.6 is 0 Å². The minimum Gasteiger partial charge on any atom is -0.462 e. The predicted molar refractivity (Wildman–Crippen MR) is 97.5 cm³/mol. The van der Waals surface area contributed by atoms with E-state index in [1.807, 2.05) is 31.2 Å². The first kappa shape index (κ1) is 16.3. The first-order valence-corrected chi connectivity index (χ1v) is 8.42. The zero-order valence-electron chi connectivity index (χ0n) is 14.5. The molecule has 0 saturated carbocycles. The minimum absolute atomic E-state index is 0.256. The maximum atomic E-state index is 12.0. The first-order chi connectivity index (χ1) is 11.6. The smallest absolute Gasteiger partial charge is 0.338 e. The summed E-state index contributed by atoms with van der Waals surface area (Å²) in [6.45, 7) is 7.41. The number of nitrogens with zero attached hydrogens (tertiary/aromatic N) is 1. The highest BCUT2D eigenvalue weighted by Crippen LogP contribution is 2.27. The van der Waals surface area contributed by atoms with Gasteiger partial charge in [-0.05, 0) is 56.5 Å². The molecular weight excluding hydrogens is 298 g/mol. The van der Waals surface area contributed by atoms with Crippen LogP contribution in [0.25, 0.3) is 10.9 Å². The molecule has 3 rings (SSSR count). The highest BCUT2D eigenvalue weighted by Gasteiger charge is 2.14. The summed E-state index contributed by atoms with van der Waals surface area (Å²) >= 11 is 0. The molecule has 24 heavy (non-hydrogen) atoms. The van der Waals surface area contributed by atoms with Gasteiger partial charge in [-0.3, -0.25) is 0 Å². The molecule has 0 aliphatic carbocycles. The molecule has 0 fully saturated rings. The predicted octanol–water partition coefficient (Wildman–Crippen LogP) is 4.68. The van der Waals surface area contributed by atoms with E-state index < -0.39 is 0 Å². The molecule has 0 aliphatic rings. The van der Waals surface area contributed by atoms with Gasteiger partial charge >= 0.3 is 5.97 Å². The Labute approximate surface area is 142 Å². The zero-order chi connectivity index (χ0) is 17.1. The summed E-state index contributed by atoms with van der Waals surface area (Å²) in [5, 5.41) is 1.13. The number of fused-ring (bicyclic) bond motifs is 1. The lowest BCUT2D eigenvalue weighted by Gasteiger charge is -2.09. The number of hydrogen-bond donors (Lipinski definition) is 0. The highest BCUT2D eigenvalue weighted by molar-refractivity contribution is 5.96. The Morgan fingerprint density at radius 1 is 1.08 bits per heavy atom. The van der Waals surface area contributed by atoms with Crippen molar-refractivity contribution in [2.24, 2.45) is 0 Å². The van der Waals surface area contributed by atoms with Crippen molar-refractivity contribution in [2.75, 3.05) is 6.61 Å². The fraction of sp³-hybridized carbons (Fsp3) is 0.286. The van der Waals surface area contributed by atoms with Crippen LogP contribution in [0.4, 0.5) is 0 Å². The topological polar surface area (TPSA) is 31.2 Å². The molecule has 0 atom stereocenters. The van der Waals surface area contributed by atoms with E-state index in [4.69, 9.17) is 4.74 Å². The molecule has 0 bridgehead atoms. The number of ether oxygens (including phenoxy) is 1. The lowest BCUT2D eigenvalue weighted by molar-refractivity contribution is 0.0526. The fourth-order valence-electron chi connectivity index (χ4n) is 3.16. The van der Waals surface area contributed by atoms with Crippen molar-refractivity contribution in [3.8, 4) is 0 Å². The van der Waals surface area contributed by atoms with Crippen LogP contribution < -0.4 is 0 Å². The lowest BCUT2D eigenvalue weighted by atomic mass is 10.1. The Hall–Kier alpha value is -2.55. The molecule has 2 aromatic carbocycles. The number of carbonyl (C=O) groups excluding carboxylic acids is 1. The second-order valence-corrected chi connectivity index (χ2v) is 6.05. The average Bonchev–Trinajstić information content (AvgIpc) is 2.85. The molecule has 124 valence electrons. The number of aromatic nitrogens is 1. The molecule has 0 aliphatic heterocycles. The Bertz CT molecular complexity index is 862. The molecule has 3 nitrogen and oxygen atoms in total. The minimum atomic E-state index is -0.256. The van der Waals surface area contributed by atoms with Gasteiger partial charge in [0.1, 0.15) is 0 Å². The first-order valence-electron chi connectivity index (χ1n) is 8.42. The van der Waals surface area contributed by atoms with E-state index in [9.17, 15) is 4.79 Å². The molecule has 3 heteroatoms. The summed E-state index contributed by atoms with van der Waals surface area (Å²) in [6, 6.07) is 16.4. The van der Waals surface area contributed by atoms with Crippen molar-refractivity contribution >= 4 is 16.9 Å². The number of esters is 1. The number of carbonyl (C=O) groups is 1. The molecular formula is C21H23NO2. The Balaban J connectivity index is 1.94. The van der Waals surface area contributed by atoms with Crippen LogP contribution in [0.3, 0.4) is 0 Å². The van der Waals surface area contributed by atoms with Gasteiger partial charge in [-0.25, -0.2) is 4.79 Å². The van der Waals surface area contributed by atoms with Crippen LogP contribution in [0.2, 0.25) is 0 Å². The van der Waals surface area contributed by atoms with Gasteiger partial charge in [-0.2, -0.15) is 0 Å². The molecule has 0 unspecified atom stereocenters. The van der Waals surface area contributed by atoms with Gasteiger partial charge in [0.25, 0.3) is 0 Å². The number of rotatable bonds is 5. The second kappa shape index (κ2) is 6.91. The summed E-state index contributed by atoms with van der Waals surface area (Å²) < 4.78 is 7.45. The van der Waals surface area contributed by atoms with Crippen molar-refractivity contribution in [1.29, 1.82) is 0 Å². The Morgan fingerprint density at radius 3 is 2.54 bits per heavy atom. The number of aryl methyl sites for hydroxylation is 3. The van der Waals surface area contributed by atoms with Gasteiger partial charge in [0.05, 0.1) is 12.2 Å². The van der Waals surface area contributed by atoms with Gasteiger partial charge in [-0.1, -0.05) is 30.3 Å². The van der Waals surface area contributed by atoms with Crippen molar-refractivity contribution < 1.29 is 9.53 Å². The standard InChI is InChI=1S/C21H23NO2/c1-4-24-21(23)18-10-11-20-19(14-18)15(2)16(3)22(20)13-12-17-8-6-5-7-9-17/h5-11,14H,4,12-13H2,1-3H3. The summed E-state index contributed by atoms with van der Waals surface area (Å²) in [5.41, 5.74) is 5.60. The van der Waals surface area contributed by atoms with Gasteiger partial charge in [0.15, 0.2) is 0 Å². The number of benzene rings is 2. The quantitative estimate of drug-likeness (QED) is 0.639. The molecule has 0 amide bonds. The monoisotopic (exact) mass is 321 g/mol. The molecule has 1 heterocycles. The molecule has 0 spiro atoms. The average molecular weight is 321 g/mol. The van der Waals surface area contributed by atoms with Crippen LogP contribution in [0.1, 0.15) is 34.1 Å². The normalized spacial score (nSPS) is 11.0. The molecule has 3 aromatic rings. The van der Waals surface area contributed by atoms with Crippen LogP contribution in [0, 0.1) is 13.8 Å². The lowest BCUT2D eigenvalue weighted by Crippen LogP contribution is -2.05. The third-order valence-electron chi connectivity index (χ3n) is 4.62. The summed E-state index contributed by atoms with van der Waals surface area (Å²) in [5.74, 6) is -0.256. The van der Waals surface area contributed by atoms with E-state index in [1.165, 1.54) is 22.3 Å². The Kier molecular flexibility index (Phi) is 4.70. The van der Waals surface area contributed by atoms with E-state index >= 15 is 0 Å². The number of hydrogen-bond acceptors (Lipinski definition) is 2. The SMILES string of the molecule is CCOC(=O)c1ccc2c(c1)c(C)c(C)n2CCc1ccccc1. The van der Waals surface area contributed by atoms with Gasteiger partial charge in [0, 0.05) is 23.1 Å². The van der Waals surface area contributed by atoms with Crippen molar-refractivity contribution in [1.82, 2.24) is 4.57 Å².